The van der Waals surface area contributed by atoms with Gasteiger partial charge in [-0.25, -0.2) is 18.2 Å². The van der Waals surface area contributed by atoms with E-state index in [9.17, 15) is 22.8 Å². The molecule has 0 bridgehead atoms. The number of amides is 2. The number of pyridine rings is 1. The second kappa shape index (κ2) is 6.41. The molecule has 136 valence electrons. The van der Waals surface area contributed by atoms with Gasteiger partial charge in [0.25, 0.3) is 5.91 Å². The fraction of sp³-hybridized carbons (Fsp3) is 0.235. The minimum atomic E-state index is -2.10. The molecule has 1 aliphatic rings. The van der Waals surface area contributed by atoms with Gasteiger partial charge in [0, 0.05) is 6.61 Å². The number of hydrogen-bond donors (Lipinski definition) is 1. The summed E-state index contributed by atoms with van der Waals surface area (Å²) in [6.45, 7) is 0.905. The van der Waals surface area contributed by atoms with Crippen LogP contribution in [0.1, 0.15) is 18.1 Å². The zero-order valence-corrected chi connectivity index (χ0v) is 13.6. The molecule has 0 aliphatic carbocycles. The number of fused-ring (bicyclic) bond motifs is 1. The molecule has 2 heterocycles. The quantitative estimate of drug-likeness (QED) is 0.872. The molecule has 1 atom stereocenters. The van der Waals surface area contributed by atoms with Crippen molar-refractivity contribution in [1.29, 1.82) is 0 Å². The van der Waals surface area contributed by atoms with E-state index >= 15 is 0 Å². The first kappa shape index (κ1) is 17.9. The average Bonchev–Trinajstić information content (AvgIpc) is 2.82. The van der Waals surface area contributed by atoms with Gasteiger partial charge in [-0.3, -0.25) is 14.5 Å². The van der Waals surface area contributed by atoms with Gasteiger partial charge >= 0.3 is 0 Å². The van der Waals surface area contributed by atoms with Crippen LogP contribution in [0.3, 0.4) is 0 Å². The van der Waals surface area contributed by atoms with Gasteiger partial charge in [0.05, 0.1) is 11.8 Å². The van der Waals surface area contributed by atoms with Crippen LogP contribution in [0.25, 0.3) is 0 Å². The molecule has 9 heteroatoms. The summed E-state index contributed by atoms with van der Waals surface area (Å²) < 4.78 is 47.5. The van der Waals surface area contributed by atoms with E-state index in [0.29, 0.717) is 6.20 Å². The second-order valence-electron chi connectivity index (χ2n) is 5.60. The molecule has 2 aromatic rings. The first-order valence-electron chi connectivity index (χ1n) is 7.67. The molecule has 3 rings (SSSR count). The molecular weight excluding hydrogens is 351 g/mol. The lowest BCUT2D eigenvalue weighted by Gasteiger charge is -2.29. The van der Waals surface area contributed by atoms with E-state index in [0.717, 1.165) is 17.0 Å². The Morgan fingerprint density at radius 1 is 1.27 bits per heavy atom. The van der Waals surface area contributed by atoms with Crippen molar-refractivity contribution in [3.8, 4) is 0 Å². The number of benzene rings is 1. The van der Waals surface area contributed by atoms with Crippen molar-refractivity contribution >= 4 is 17.6 Å². The van der Waals surface area contributed by atoms with Crippen LogP contribution < -0.4 is 10.6 Å². The highest BCUT2D eigenvalue weighted by Gasteiger charge is 2.57. The van der Waals surface area contributed by atoms with Crippen molar-refractivity contribution < 1.29 is 27.5 Å². The van der Waals surface area contributed by atoms with E-state index in [-0.39, 0.29) is 18.0 Å². The first-order chi connectivity index (χ1) is 12.3. The van der Waals surface area contributed by atoms with Crippen molar-refractivity contribution in [3.05, 3.63) is 59.0 Å². The van der Waals surface area contributed by atoms with Crippen molar-refractivity contribution in [2.75, 3.05) is 18.1 Å². The van der Waals surface area contributed by atoms with Crippen molar-refractivity contribution in [1.82, 2.24) is 4.98 Å². The zero-order valence-electron chi connectivity index (χ0n) is 13.6. The fourth-order valence-corrected chi connectivity index (χ4v) is 3.06. The third-order valence-corrected chi connectivity index (χ3v) is 4.03. The molecular formula is C17H14F3N3O3. The lowest BCUT2D eigenvalue weighted by Crippen LogP contribution is -2.46. The smallest absolute Gasteiger partial charge is 0.270 e. The van der Waals surface area contributed by atoms with Crippen LogP contribution in [0, 0.1) is 17.5 Å². The highest BCUT2D eigenvalue weighted by atomic mass is 19.2. The van der Waals surface area contributed by atoms with E-state index in [1.54, 1.807) is 6.92 Å². The molecule has 26 heavy (non-hydrogen) atoms. The van der Waals surface area contributed by atoms with Crippen LogP contribution in [-0.2, 0) is 19.9 Å². The topological polar surface area (TPSA) is 85.5 Å². The van der Waals surface area contributed by atoms with E-state index < -0.39 is 47.0 Å². The normalized spacial score (nSPS) is 18.9. The number of nitrogens with zero attached hydrogens (tertiary/aromatic N) is 2. The Labute approximate surface area is 146 Å². The van der Waals surface area contributed by atoms with E-state index in [1.807, 2.05) is 0 Å². The number of halogens is 3. The number of nitrogens with two attached hydrogens (primary N) is 1. The summed E-state index contributed by atoms with van der Waals surface area (Å²) in [5.74, 6) is -5.22. The van der Waals surface area contributed by atoms with Crippen LogP contribution >= 0.6 is 0 Å². The molecule has 2 N–H and O–H groups in total. The minimum Gasteiger partial charge on any atom is -0.368 e. The predicted molar refractivity (Wildman–Crippen MR) is 84.5 cm³/mol. The number of ether oxygens (including phenoxy) is 1. The van der Waals surface area contributed by atoms with Crippen LogP contribution in [-0.4, -0.2) is 29.9 Å². The van der Waals surface area contributed by atoms with Crippen molar-refractivity contribution in [2.45, 2.75) is 12.5 Å². The van der Waals surface area contributed by atoms with E-state index in [2.05, 4.69) is 4.98 Å². The number of primary amides is 1. The number of hydrogen-bond acceptors (Lipinski definition) is 4. The molecule has 1 aromatic carbocycles. The monoisotopic (exact) mass is 365 g/mol. The summed E-state index contributed by atoms with van der Waals surface area (Å²) >= 11 is 0. The summed E-state index contributed by atoms with van der Waals surface area (Å²) in [7, 11) is 0. The molecule has 6 nitrogen and oxygen atoms in total. The molecule has 0 saturated carbocycles. The Morgan fingerprint density at radius 3 is 2.50 bits per heavy atom. The maximum absolute atomic E-state index is 14.7. The van der Waals surface area contributed by atoms with Crippen LogP contribution in [0.2, 0.25) is 0 Å². The third-order valence-electron chi connectivity index (χ3n) is 4.03. The number of aromatic nitrogens is 1. The Kier molecular flexibility index (Phi) is 4.41. The molecule has 0 radical (unpaired) electrons. The highest BCUT2D eigenvalue weighted by Crippen LogP contribution is 2.47. The molecule has 0 unspecified atom stereocenters. The Balaban J connectivity index is 2.34. The van der Waals surface area contributed by atoms with Gasteiger partial charge in [-0.1, -0.05) is 12.1 Å². The van der Waals surface area contributed by atoms with E-state index in [1.165, 1.54) is 12.1 Å². The maximum atomic E-state index is 14.7. The van der Waals surface area contributed by atoms with Crippen molar-refractivity contribution in [3.63, 3.8) is 0 Å². The highest BCUT2D eigenvalue weighted by molar-refractivity contribution is 6.10. The third kappa shape index (κ3) is 2.51. The molecule has 0 saturated heterocycles. The standard InChI is InChI=1S/C17H14F3N3O3/c1-2-26-17(9-3-5-10(18)6-4-9)13-14(20)11(19)7-22-15(13)23(16(17)25)8-12(21)24/h3-7H,2,8H2,1H3,(H2,21,24)/t17-/m0/s1. The number of carbonyl (C=O) groups is 2. The largest absolute Gasteiger partial charge is 0.368 e. The number of carbonyl (C=O) groups excluding carboxylic acids is 2. The summed E-state index contributed by atoms with van der Waals surface area (Å²) in [6, 6.07) is 4.57. The maximum Gasteiger partial charge on any atom is 0.270 e. The van der Waals surface area contributed by atoms with Crippen LogP contribution in [0.5, 0.6) is 0 Å². The Bertz CT molecular complexity index is 889. The lowest BCUT2D eigenvalue weighted by atomic mass is 9.87. The zero-order chi connectivity index (χ0) is 19.1. The fourth-order valence-electron chi connectivity index (χ4n) is 3.06. The molecule has 1 aliphatic heterocycles. The van der Waals surface area contributed by atoms with Gasteiger partial charge in [-0.15, -0.1) is 0 Å². The lowest BCUT2D eigenvalue weighted by molar-refractivity contribution is -0.138. The van der Waals surface area contributed by atoms with Gasteiger partial charge in [-0.05, 0) is 24.6 Å². The SMILES string of the molecule is CCO[C@]1(c2ccc(F)cc2)C(=O)N(CC(N)=O)c2ncc(F)c(F)c21. The number of anilines is 1. The molecule has 0 spiro atoms. The van der Waals surface area contributed by atoms with Gasteiger partial charge in [0.15, 0.2) is 11.6 Å². The second-order valence-corrected chi connectivity index (χ2v) is 5.60. The minimum absolute atomic E-state index is 0.0527. The Morgan fingerprint density at radius 2 is 1.92 bits per heavy atom. The van der Waals surface area contributed by atoms with Crippen LogP contribution in [0.4, 0.5) is 19.0 Å². The van der Waals surface area contributed by atoms with Gasteiger partial charge < -0.3 is 10.5 Å². The van der Waals surface area contributed by atoms with Gasteiger partial charge in [-0.2, -0.15) is 0 Å². The molecule has 1 aromatic heterocycles. The molecule has 0 fully saturated rings. The molecule has 2 amide bonds. The van der Waals surface area contributed by atoms with Gasteiger partial charge in [0.2, 0.25) is 11.5 Å². The summed E-state index contributed by atoms with van der Waals surface area (Å²) in [6.07, 6.45) is 0.599. The average molecular weight is 365 g/mol. The first-order valence-corrected chi connectivity index (χ1v) is 7.67. The van der Waals surface area contributed by atoms with E-state index in [4.69, 9.17) is 10.5 Å². The predicted octanol–water partition coefficient (Wildman–Crippen LogP) is 1.61. The summed E-state index contributed by atoms with van der Waals surface area (Å²) in [5, 5.41) is 0. The summed E-state index contributed by atoms with van der Waals surface area (Å²) in [5.41, 5.74) is 2.66. The summed E-state index contributed by atoms with van der Waals surface area (Å²) in [4.78, 5) is 29.1. The van der Waals surface area contributed by atoms with Crippen LogP contribution in [0.15, 0.2) is 30.5 Å². The van der Waals surface area contributed by atoms with Gasteiger partial charge in [0.1, 0.15) is 18.2 Å². The van der Waals surface area contributed by atoms with Crippen molar-refractivity contribution in [2.24, 2.45) is 5.73 Å². The Hall–Kier alpha value is -2.94. The number of rotatable bonds is 5.